The topological polar surface area (TPSA) is 54.3 Å². The van der Waals surface area contributed by atoms with Gasteiger partial charge in [0.1, 0.15) is 5.82 Å². The lowest BCUT2D eigenvalue weighted by atomic mass is 10.1. The number of nitrogens with one attached hydrogen (secondary N) is 1. The molecule has 0 aliphatic rings. The minimum atomic E-state index is -0.443. The van der Waals surface area contributed by atoms with E-state index in [0.717, 1.165) is 4.57 Å². The number of aromatic hydroxyl groups is 1. The summed E-state index contributed by atoms with van der Waals surface area (Å²) in [4.78, 5) is 12.0. The van der Waals surface area contributed by atoms with E-state index >= 15 is 0 Å². The molecule has 5 heteroatoms. The minimum absolute atomic E-state index is 0.211. The van der Waals surface area contributed by atoms with Crippen LogP contribution >= 0.6 is 0 Å². The average Bonchev–Trinajstić information content (AvgIpc) is 2.50. The molecule has 4 nitrogen and oxygen atoms in total. The van der Waals surface area contributed by atoms with Crippen molar-refractivity contribution in [3.8, 4) is 5.88 Å². The van der Waals surface area contributed by atoms with Crippen molar-refractivity contribution in [3.05, 3.63) is 30.1 Å². The number of fused-ring (bicyclic) bond motifs is 1. The Morgan fingerprint density at radius 2 is 2.00 bits per heavy atom. The fourth-order valence-electron chi connectivity index (χ4n) is 1.76. The molecule has 0 radical (unpaired) electrons. The highest BCUT2D eigenvalue weighted by Crippen LogP contribution is 2.25. The van der Waals surface area contributed by atoms with Crippen molar-refractivity contribution in [2.24, 2.45) is 0 Å². The molecule has 1 heterocycles. The summed E-state index contributed by atoms with van der Waals surface area (Å²) >= 11 is 0. The number of nitrogens with zero attached hydrogens (tertiary/aromatic N) is 1. The molecule has 18 heavy (non-hydrogen) atoms. The molecule has 0 aliphatic heterocycles. The minimum Gasteiger partial charge on any atom is -0.494 e. The molecule has 0 atom stereocenters. The molecule has 2 N–H and O–H groups in total. The Labute approximate surface area is 104 Å². The monoisotopic (exact) mass is 250 g/mol. The number of carbonyl (C=O) groups is 1. The SMILES string of the molecule is CC(C)(C)NC(=O)n1c(O)cc2cc(F)ccc21. The second-order valence-electron chi connectivity index (χ2n) is 5.22. The maximum Gasteiger partial charge on any atom is 0.329 e. The smallest absolute Gasteiger partial charge is 0.329 e. The number of hydrogen-bond acceptors (Lipinski definition) is 2. The van der Waals surface area contributed by atoms with Crippen LogP contribution in [0.1, 0.15) is 20.8 Å². The Bertz CT molecular complexity index is 611. The lowest BCUT2D eigenvalue weighted by molar-refractivity contribution is 0.231. The van der Waals surface area contributed by atoms with Crippen LogP contribution in [0.3, 0.4) is 0 Å². The quantitative estimate of drug-likeness (QED) is 0.755. The first-order chi connectivity index (χ1) is 8.28. The van der Waals surface area contributed by atoms with E-state index in [2.05, 4.69) is 5.32 Å². The van der Waals surface area contributed by atoms with E-state index in [-0.39, 0.29) is 5.88 Å². The van der Waals surface area contributed by atoms with Crippen LogP contribution in [0.4, 0.5) is 9.18 Å². The van der Waals surface area contributed by atoms with Crippen molar-refractivity contribution < 1.29 is 14.3 Å². The van der Waals surface area contributed by atoms with Gasteiger partial charge in [-0.25, -0.2) is 13.8 Å². The molecule has 96 valence electrons. The average molecular weight is 250 g/mol. The third-order valence-electron chi connectivity index (χ3n) is 2.43. The summed E-state index contributed by atoms with van der Waals surface area (Å²) in [5.74, 6) is -0.617. The summed E-state index contributed by atoms with van der Waals surface area (Å²) in [5.41, 5.74) is 0.0517. The summed E-state index contributed by atoms with van der Waals surface area (Å²) in [6.45, 7) is 5.52. The van der Waals surface area contributed by atoms with Crippen molar-refractivity contribution in [3.63, 3.8) is 0 Å². The summed E-state index contributed by atoms with van der Waals surface area (Å²) in [6, 6.07) is 4.91. The molecule has 0 unspecified atom stereocenters. The van der Waals surface area contributed by atoms with Crippen LogP contribution in [0.25, 0.3) is 10.9 Å². The van der Waals surface area contributed by atoms with E-state index in [1.165, 1.54) is 24.3 Å². The van der Waals surface area contributed by atoms with Gasteiger partial charge in [0.15, 0.2) is 5.88 Å². The third-order valence-corrected chi connectivity index (χ3v) is 2.43. The summed E-state index contributed by atoms with van der Waals surface area (Å²) < 4.78 is 14.2. The van der Waals surface area contributed by atoms with Crippen molar-refractivity contribution in [1.82, 2.24) is 9.88 Å². The highest BCUT2D eigenvalue weighted by Gasteiger charge is 2.19. The summed E-state index contributed by atoms with van der Waals surface area (Å²) in [6.07, 6.45) is 0. The molecule has 0 bridgehead atoms. The molecule has 0 aliphatic carbocycles. The molecule has 0 saturated carbocycles. The Morgan fingerprint density at radius 1 is 1.33 bits per heavy atom. The zero-order chi connectivity index (χ0) is 13.5. The van der Waals surface area contributed by atoms with Crippen molar-refractivity contribution >= 4 is 16.9 Å². The van der Waals surface area contributed by atoms with Gasteiger partial charge >= 0.3 is 6.03 Å². The first-order valence-electron chi connectivity index (χ1n) is 5.60. The standard InChI is InChI=1S/C13H15FN2O2/c1-13(2,3)15-12(18)16-10-5-4-9(14)6-8(10)7-11(16)17/h4-7,17H,1-3H3,(H,15,18). The molecule has 1 amide bonds. The lowest BCUT2D eigenvalue weighted by Gasteiger charge is -2.21. The van der Waals surface area contributed by atoms with Gasteiger partial charge in [-0.3, -0.25) is 0 Å². The number of amides is 1. The summed E-state index contributed by atoms with van der Waals surface area (Å²) in [7, 11) is 0. The number of halogens is 1. The van der Waals surface area contributed by atoms with Gasteiger partial charge in [0.2, 0.25) is 0 Å². The molecule has 0 spiro atoms. The maximum absolute atomic E-state index is 13.1. The van der Waals surface area contributed by atoms with Crippen molar-refractivity contribution in [2.75, 3.05) is 0 Å². The predicted molar refractivity (Wildman–Crippen MR) is 67.2 cm³/mol. The van der Waals surface area contributed by atoms with Crippen molar-refractivity contribution in [1.29, 1.82) is 0 Å². The van der Waals surface area contributed by atoms with Crippen LogP contribution in [0.15, 0.2) is 24.3 Å². The van der Waals surface area contributed by atoms with E-state index < -0.39 is 17.4 Å². The Hall–Kier alpha value is -2.04. The zero-order valence-electron chi connectivity index (χ0n) is 10.5. The van der Waals surface area contributed by atoms with Crippen LogP contribution in [0.2, 0.25) is 0 Å². The zero-order valence-corrected chi connectivity index (χ0v) is 10.5. The maximum atomic E-state index is 13.1. The molecular weight excluding hydrogens is 235 g/mol. The van der Waals surface area contributed by atoms with Gasteiger partial charge in [0.25, 0.3) is 0 Å². The first kappa shape index (κ1) is 12.4. The molecule has 0 fully saturated rings. The number of carbonyl (C=O) groups excluding carboxylic acids is 1. The third kappa shape index (κ3) is 2.30. The highest BCUT2D eigenvalue weighted by molar-refractivity contribution is 5.94. The van der Waals surface area contributed by atoms with E-state index in [9.17, 15) is 14.3 Å². The van der Waals surface area contributed by atoms with Gasteiger partial charge in [-0.1, -0.05) is 0 Å². The van der Waals surface area contributed by atoms with Gasteiger partial charge in [-0.05, 0) is 39.0 Å². The van der Waals surface area contributed by atoms with Gasteiger partial charge < -0.3 is 10.4 Å². The normalized spacial score (nSPS) is 11.8. The molecular formula is C13H15FN2O2. The fourth-order valence-corrected chi connectivity index (χ4v) is 1.76. The molecule has 1 aromatic carbocycles. The van der Waals surface area contributed by atoms with E-state index in [1.807, 2.05) is 20.8 Å². The number of aromatic nitrogens is 1. The Morgan fingerprint density at radius 3 is 2.61 bits per heavy atom. The molecule has 2 aromatic rings. The molecule has 2 rings (SSSR count). The van der Waals surface area contributed by atoms with Gasteiger partial charge in [0.05, 0.1) is 5.52 Å². The lowest BCUT2D eigenvalue weighted by Crippen LogP contribution is -2.42. The Balaban J connectivity index is 2.51. The van der Waals surface area contributed by atoms with Gasteiger partial charge in [-0.15, -0.1) is 0 Å². The van der Waals surface area contributed by atoms with Crippen LogP contribution in [0.5, 0.6) is 5.88 Å². The van der Waals surface area contributed by atoms with Crippen LogP contribution in [-0.4, -0.2) is 21.2 Å². The number of hydrogen-bond donors (Lipinski definition) is 2. The van der Waals surface area contributed by atoms with E-state index in [0.29, 0.717) is 10.9 Å². The largest absolute Gasteiger partial charge is 0.494 e. The van der Waals surface area contributed by atoms with Crippen molar-refractivity contribution in [2.45, 2.75) is 26.3 Å². The first-order valence-corrected chi connectivity index (χ1v) is 5.60. The summed E-state index contributed by atoms with van der Waals surface area (Å²) in [5, 5.41) is 13.0. The second kappa shape index (κ2) is 4.01. The van der Waals surface area contributed by atoms with Crippen LogP contribution in [-0.2, 0) is 0 Å². The van der Waals surface area contributed by atoms with E-state index in [4.69, 9.17) is 0 Å². The van der Waals surface area contributed by atoms with Gasteiger partial charge in [0, 0.05) is 17.0 Å². The molecule has 0 saturated heterocycles. The highest BCUT2D eigenvalue weighted by atomic mass is 19.1. The number of rotatable bonds is 0. The van der Waals surface area contributed by atoms with E-state index in [1.54, 1.807) is 0 Å². The Kier molecular flexibility index (Phi) is 2.77. The number of benzene rings is 1. The van der Waals surface area contributed by atoms with Crippen LogP contribution in [0, 0.1) is 5.82 Å². The molecule has 1 aromatic heterocycles. The second-order valence-corrected chi connectivity index (χ2v) is 5.22. The van der Waals surface area contributed by atoms with Crippen LogP contribution < -0.4 is 5.32 Å². The fraction of sp³-hybridized carbons (Fsp3) is 0.308. The predicted octanol–water partition coefficient (Wildman–Crippen LogP) is 2.84. The van der Waals surface area contributed by atoms with Gasteiger partial charge in [-0.2, -0.15) is 0 Å².